The van der Waals surface area contributed by atoms with Crippen LogP contribution in [-0.2, 0) is 14.8 Å². The maximum atomic E-state index is 12.5. The molecule has 10 heteroatoms. The number of sulfonamides is 1. The van der Waals surface area contributed by atoms with Gasteiger partial charge in [0.2, 0.25) is 0 Å². The summed E-state index contributed by atoms with van der Waals surface area (Å²) in [6, 6.07) is 5.99. The van der Waals surface area contributed by atoms with Crippen LogP contribution in [0.25, 0.3) is 5.76 Å². The molecule has 0 saturated heterocycles. The molecule has 0 unspecified atom stereocenters. The Morgan fingerprint density at radius 2 is 2.00 bits per heavy atom. The van der Waals surface area contributed by atoms with Crippen molar-refractivity contribution in [1.29, 1.82) is 0 Å². The predicted octanol–water partition coefficient (Wildman–Crippen LogP) is 1.13. The maximum Gasteiger partial charge on any atom is 0.278 e. The van der Waals surface area contributed by atoms with Crippen LogP contribution in [0.1, 0.15) is 10.4 Å². The molecule has 128 valence electrons. The Bertz CT molecular complexity index is 933. The van der Waals surface area contributed by atoms with Crippen LogP contribution in [0.15, 0.2) is 41.1 Å². The summed E-state index contributed by atoms with van der Waals surface area (Å²) in [4.78, 5) is 17.3. The number of carbonyl (C=O) groups excluding carboxylic acids is 1. The number of anilines is 1. The Labute approximate surface area is 142 Å². The van der Waals surface area contributed by atoms with Crippen molar-refractivity contribution in [3.05, 3.63) is 46.6 Å². The van der Waals surface area contributed by atoms with Crippen LogP contribution in [0.4, 0.5) is 5.13 Å². The lowest BCUT2D eigenvalue weighted by molar-refractivity contribution is -0.113. The van der Waals surface area contributed by atoms with Gasteiger partial charge in [0.1, 0.15) is 0 Å². The molecule has 1 aliphatic rings. The van der Waals surface area contributed by atoms with E-state index in [1.165, 1.54) is 30.5 Å². The first-order chi connectivity index (χ1) is 10.8. The van der Waals surface area contributed by atoms with Gasteiger partial charge in [0.05, 0.1) is 4.90 Å². The molecule has 0 saturated carbocycles. The van der Waals surface area contributed by atoms with Crippen molar-refractivity contribution in [1.82, 2.24) is 9.29 Å². The Balaban J connectivity index is 0.00000208. The second kappa shape index (κ2) is 6.23. The topological polar surface area (TPSA) is 131 Å². The van der Waals surface area contributed by atoms with Gasteiger partial charge in [-0.2, -0.15) is 0 Å². The molecule has 0 aliphatic carbocycles. The quantitative estimate of drug-likeness (QED) is 0.819. The number of carbonyl (C=O) groups is 1. The van der Waals surface area contributed by atoms with E-state index >= 15 is 0 Å². The molecular weight excluding hydrogens is 354 g/mol. The highest BCUT2D eigenvalue weighted by Crippen LogP contribution is 2.34. The largest absolute Gasteiger partial charge is 0.505 e. The number of aromatic nitrogens is 1. The molecule has 1 aromatic heterocycles. The molecule has 2 aromatic rings. The molecule has 3 rings (SSSR count). The first-order valence-corrected chi connectivity index (χ1v) is 8.83. The van der Waals surface area contributed by atoms with E-state index in [2.05, 4.69) is 10.3 Å². The summed E-state index contributed by atoms with van der Waals surface area (Å²) in [7, 11) is -2.67. The zero-order valence-electron chi connectivity index (χ0n) is 12.8. The molecule has 4 N–H and O–H groups in total. The van der Waals surface area contributed by atoms with Gasteiger partial charge in [-0.25, -0.2) is 13.4 Å². The average molecular weight is 369 g/mol. The number of fused-ring (bicyclic) bond motifs is 1. The van der Waals surface area contributed by atoms with Crippen LogP contribution in [0.5, 0.6) is 0 Å². The highest BCUT2D eigenvalue weighted by atomic mass is 32.2. The van der Waals surface area contributed by atoms with E-state index < -0.39 is 15.9 Å². The van der Waals surface area contributed by atoms with Gasteiger partial charge in [0.25, 0.3) is 15.9 Å². The summed E-state index contributed by atoms with van der Waals surface area (Å²) in [6.07, 6.45) is 1.59. The third-order valence-corrected chi connectivity index (χ3v) is 6.02. The second-order valence-electron chi connectivity index (χ2n) is 4.90. The highest BCUT2D eigenvalue weighted by Gasteiger charge is 2.37. The van der Waals surface area contributed by atoms with Gasteiger partial charge in [-0.3, -0.25) is 14.4 Å². The fraction of sp³-hybridized carbons (Fsp3) is 0.143. The summed E-state index contributed by atoms with van der Waals surface area (Å²) in [5.74, 6) is -1.12. The van der Waals surface area contributed by atoms with Crippen LogP contribution in [-0.4, -0.2) is 41.2 Å². The monoisotopic (exact) mass is 369 g/mol. The number of benzene rings is 1. The van der Waals surface area contributed by atoms with Gasteiger partial charge in [0.15, 0.2) is 16.6 Å². The van der Waals surface area contributed by atoms with Gasteiger partial charge in [-0.05, 0) is 19.1 Å². The smallest absolute Gasteiger partial charge is 0.278 e. The van der Waals surface area contributed by atoms with Crippen molar-refractivity contribution in [3.63, 3.8) is 0 Å². The number of likely N-dealkylation sites (N-methyl/N-ethyl adjacent to an activating group) is 1. The van der Waals surface area contributed by atoms with E-state index in [0.717, 1.165) is 9.18 Å². The third-order valence-electron chi connectivity index (χ3n) is 3.38. The van der Waals surface area contributed by atoms with E-state index in [0.29, 0.717) is 5.13 Å². The van der Waals surface area contributed by atoms with Crippen LogP contribution in [0, 0.1) is 6.92 Å². The Morgan fingerprint density at radius 3 is 2.62 bits per heavy atom. The standard InChI is InChI=1S/C14H13N3O4S2.H2O/c1-8-7-15-14(22-8)16-13(19)11-12(18)9-5-3-4-6-10(9)23(20,21)17(11)2;/h3-7,18H,1-2H3,(H,15,16,19);1H2. The summed E-state index contributed by atoms with van der Waals surface area (Å²) in [5.41, 5.74) is -0.234. The second-order valence-corrected chi connectivity index (χ2v) is 8.07. The molecule has 1 aromatic carbocycles. The molecule has 8 nitrogen and oxygen atoms in total. The molecule has 1 amide bonds. The Kier molecular flexibility index (Phi) is 4.65. The zero-order chi connectivity index (χ0) is 16.8. The molecule has 0 spiro atoms. The minimum Gasteiger partial charge on any atom is -0.505 e. The highest BCUT2D eigenvalue weighted by molar-refractivity contribution is 7.89. The molecule has 0 radical (unpaired) electrons. The van der Waals surface area contributed by atoms with Gasteiger partial charge < -0.3 is 10.6 Å². The number of rotatable bonds is 2. The maximum absolute atomic E-state index is 12.5. The lowest BCUT2D eigenvalue weighted by Crippen LogP contribution is -2.37. The normalized spacial score (nSPS) is 15.5. The SMILES string of the molecule is Cc1cnc(NC(=O)C2=C(O)c3ccccc3S(=O)(=O)N2C)s1.O. The van der Waals surface area contributed by atoms with Crippen molar-refractivity contribution < 1.29 is 23.8 Å². The molecule has 0 bridgehead atoms. The number of amides is 1. The molecule has 24 heavy (non-hydrogen) atoms. The predicted molar refractivity (Wildman–Crippen MR) is 90.0 cm³/mol. The molecular formula is C14H15N3O5S2. The van der Waals surface area contributed by atoms with Crippen molar-refractivity contribution in [2.75, 3.05) is 12.4 Å². The van der Waals surface area contributed by atoms with Gasteiger partial charge in [0, 0.05) is 23.7 Å². The fourth-order valence-electron chi connectivity index (χ4n) is 2.25. The Morgan fingerprint density at radius 1 is 1.33 bits per heavy atom. The number of aliphatic hydroxyl groups excluding tert-OH is 1. The molecule has 1 aliphatic heterocycles. The zero-order valence-corrected chi connectivity index (χ0v) is 14.4. The van der Waals surface area contributed by atoms with Gasteiger partial charge >= 0.3 is 0 Å². The van der Waals surface area contributed by atoms with Crippen LogP contribution in [0.3, 0.4) is 0 Å². The minimum absolute atomic E-state index is 0. The number of thiazole rings is 1. The van der Waals surface area contributed by atoms with Crippen molar-refractivity contribution in [2.45, 2.75) is 11.8 Å². The number of hydrogen-bond acceptors (Lipinski definition) is 6. The van der Waals surface area contributed by atoms with E-state index in [1.807, 2.05) is 6.92 Å². The first kappa shape index (κ1) is 17.9. The molecule has 2 heterocycles. The summed E-state index contributed by atoms with van der Waals surface area (Å²) in [5, 5.41) is 13.2. The van der Waals surface area contributed by atoms with E-state index in [-0.39, 0.29) is 27.4 Å². The van der Waals surface area contributed by atoms with Crippen molar-refractivity contribution >= 4 is 38.2 Å². The number of nitrogens with zero attached hydrogens (tertiary/aromatic N) is 2. The summed E-state index contributed by atoms with van der Waals surface area (Å²) < 4.78 is 25.8. The van der Waals surface area contributed by atoms with Crippen molar-refractivity contribution in [3.8, 4) is 0 Å². The van der Waals surface area contributed by atoms with Gasteiger partial charge in [-0.15, -0.1) is 11.3 Å². The number of aliphatic hydroxyl groups is 1. The summed E-state index contributed by atoms with van der Waals surface area (Å²) >= 11 is 1.25. The van der Waals surface area contributed by atoms with E-state index in [4.69, 9.17) is 0 Å². The third kappa shape index (κ3) is 2.75. The minimum atomic E-state index is -3.90. The fourth-order valence-corrected chi connectivity index (χ4v) is 4.31. The van der Waals surface area contributed by atoms with Crippen LogP contribution < -0.4 is 5.32 Å². The molecule has 0 atom stereocenters. The van der Waals surface area contributed by atoms with Crippen molar-refractivity contribution in [2.24, 2.45) is 0 Å². The number of nitrogens with one attached hydrogen (secondary N) is 1. The summed E-state index contributed by atoms with van der Waals surface area (Å²) in [6.45, 7) is 1.83. The lowest BCUT2D eigenvalue weighted by atomic mass is 10.1. The van der Waals surface area contributed by atoms with E-state index in [1.54, 1.807) is 18.3 Å². The Hall–Kier alpha value is -2.43. The van der Waals surface area contributed by atoms with Gasteiger partial charge in [-0.1, -0.05) is 12.1 Å². The molecule has 0 fully saturated rings. The van der Waals surface area contributed by atoms with E-state index in [9.17, 15) is 18.3 Å². The number of aryl methyl sites for hydroxylation is 1. The first-order valence-electron chi connectivity index (χ1n) is 6.57. The van der Waals surface area contributed by atoms with Crippen LogP contribution in [0.2, 0.25) is 0 Å². The average Bonchev–Trinajstić information content (AvgIpc) is 2.91. The van der Waals surface area contributed by atoms with Crippen LogP contribution >= 0.6 is 11.3 Å². The lowest BCUT2D eigenvalue weighted by Gasteiger charge is -2.28. The number of hydrogen-bond donors (Lipinski definition) is 2.